The van der Waals surface area contributed by atoms with Crippen LogP contribution in [0.15, 0.2) is 48.5 Å². The first-order chi connectivity index (χ1) is 12.4. The maximum Gasteiger partial charge on any atom is 0.331 e. The lowest BCUT2D eigenvalue weighted by molar-refractivity contribution is -0.148. The number of halogens is 2. The van der Waals surface area contributed by atoms with E-state index >= 15 is 0 Å². The summed E-state index contributed by atoms with van der Waals surface area (Å²) in [7, 11) is 1.57. The molecule has 2 rings (SSSR count). The third-order valence-electron chi connectivity index (χ3n) is 3.38. The summed E-state index contributed by atoms with van der Waals surface area (Å²) in [5, 5.41) is 3.33. The number of carbonyl (C=O) groups is 2. The van der Waals surface area contributed by atoms with Crippen molar-refractivity contribution in [3.8, 4) is 5.75 Å². The third-order valence-corrected chi connectivity index (χ3v) is 3.94. The fourth-order valence-corrected chi connectivity index (χ4v) is 2.31. The molecule has 0 saturated heterocycles. The van der Waals surface area contributed by atoms with Crippen molar-refractivity contribution < 1.29 is 19.1 Å². The maximum absolute atomic E-state index is 12.1. The smallest absolute Gasteiger partial charge is 0.331 e. The minimum Gasteiger partial charge on any atom is -0.497 e. The number of carbonyl (C=O) groups excluding carboxylic acids is 2. The highest BCUT2D eigenvalue weighted by Gasteiger charge is 2.17. The van der Waals surface area contributed by atoms with Crippen molar-refractivity contribution >= 4 is 46.8 Å². The first kappa shape index (κ1) is 19.8. The highest BCUT2D eigenvalue weighted by atomic mass is 35.5. The van der Waals surface area contributed by atoms with E-state index in [0.717, 1.165) is 11.3 Å². The molecule has 0 aliphatic rings. The summed E-state index contributed by atoms with van der Waals surface area (Å²) in [6, 6.07) is 11.8. The second-order valence-electron chi connectivity index (χ2n) is 5.30. The van der Waals surface area contributed by atoms with E-state index in [1.165, 1.54) is 19.1 Å². The van der Waals surface area contributed by atoms with Gasteiger partial charge in [0.15, 0.2) is 6.10 Å². The van der Waals surface area contributed by atoms with Gasteiger partial charge in [0.25, 0.3) is 5.91 Å². The van der Waals surface area contributed by atoms with Crippen LogP contribution in [-0.2, 0) is 14.3 Å². The van der Waals surface area contributed by atoms with E-state index in [2.05, 4.69) is 5.32 Å². The predicted octanol–water partition coefficient (Wildman–Crippen LogP) is 4.59. The quantitative estimate of drug-likeness (QED) is 0.575. The Morgan fingerprint density at radius 2 is 1.81 bits per heavy atom. The van der Waals surface area contributed by atoms with Crippen LogP contribution in [0, 0.1) is 0 Å². The Kier molecular flexibility index (Phi) is 7.06. The molecule has 0 spiro atoms. The van der Waals surface area contributed by atoms with E-state index < -0.39 is 18.0 Å². The van der Waals surface area contributed by atoms with Gasteiger partial charge in [-0.1, -0.05) is 35.3 Å². The molecule has 0 fully saturated rings. The first-order valence-corrected chi connectivity index (χ1v) is 8.43. The Bertz CT molecular complexity index is 819. The topological polar surface area (TPSA) is 64.6 Å². The van der Waals surface area contributed by atoms with Gasteiger partial charge in [0.05, 0.1) is 17.8 Å². The number of hydrogen-bond donors (Lipinski definition) is 1. The van der Waals surface area contributed by atoms with Crippen molar-refractivity contribution in [3.63, 3.8) is 0 Å². The van der Waals surface area contributed by atoms with E-state index in [4.69, 9.17) is 32.7 Å². The van der Waals surface area contributed by atoms with E-state index in [1.807, 2.05) is 0 Å². The normalized spacial score (nSPS) is 11.8. The molecule has 0 aromatic heterocycles. The van der Waals surface area contributed by atoms with E-state index in [9.17, 15) is 9.59 Å². The summed E-state index contributed by atoms with van der Waals surface area (Å²) in [5.41, 5.74) is 1.14. The third kappa shape index (κ3) is 5.79. The highest BCUT2D eigenvalue weighted by molar-refractivity contribution is 6.35. The average Bonchev–Trinajstić information content (AvgIpc) is 2.63. The fourth-order valence-electron chi connectivity index (χ4n) is 1.97. The number of methoxy groups -OCH3 is 1. The van der Waals surface area contributed by atoms with Crippen LogP contribution in [-0.4, -0.2) is 25.1 Å². The van der Waals surface area contributed by atoms with Crippen molar-refractivity contribution in [3.05, 3.63) is 64.1 Å². The highest BCUT2D eigenvalue weighted by Crippen LogP contribution is 2.25. The summed E-state index contributed by atoms with van der Waals surface area (Å²) in [4.78, 5) is 24.0. The molecule has 5 nitrogen and oxygen atoms in total. The van der Waals surface area contributed by atoms with Crippen LogP contribution < -0.4 is 10.1 Å². The standard InChI is InChI=1S/C19H17Cl2NO4/c1-12(19(24)22-17-11-14(20)6-9-16(17)21)26-18(23)10-5-13-3-7-15(25-2)8-4-13/h3-12H,1-2H3,(H,22,24)/b10-5+/t12-/m0/s1. The zero-order valence-corrected chi connectivity index (χ0v) is 15.7. The SMILES string of the molecule is COc1ccc(/C=C/C(=O)O[C@@H](C)C(=O)Nc2cc(Cl)ccc2Cl)cc1. The van der Waals surface area contributed by atoms with Crippen LogP contribution in [0.1, 0.15) is 12.5 Å². The van der Waals surface area contributed by atoms with Gasteiger partial charge in [-0.25, -0.2) is 4.79 Å². The maximum atomic E-state index is 12.1. The van der Waals surface area contributed by atoms with Gasteiger partial charge >= 0.3 is 5.97 Å². The van der Waals surface area contributed by atoms with Crippen LogP contribution in [0.25, 0.3) is 6.08 Å². The molecule has 7 heteroatoms. The van der Waals surface area contributed by atoms with Gasteiger partial charge in [-0.15, -0.1) is 0 Å². The van der Waals surface area contributed by atoms with E-state index in [0.29, 0.717) is 15.7 Å². The molecule has 0 heterocycles. The van der Waals surface area contributed by atoms with Crippen LogP contribution in [0.4, 0.5) is 5.69 Å². The lowest BCUT2D eigenvalue weighted by atomic mass is 10.2. The van der Waals surface area contributed by atoms with Crippen LogP contribution in [0.3, 0.4) is 0 Å². The fraction of sp³-hybridized carbons (Fsp3) is 0.158. The lowest BCUT2D eigenvalue weighted by Gasteiger charge is -2.13. The molecule has 0 aliphatic heterocycles. The Hall–Kier alpha value is -2.50. The Morgan fingerprint density at radius 3 is 2.46 bits per heavy atom. The summed E-state index contributed by atoms with van der Waals surface area (Å²) in [6.45, 7) is 1.47. The van der Waals surface area contributed by atoms with Crippen molar-refractivity contribution in [2.75, 3.05) is 12.4 Å². The zero-order chi connectivity index (χ0) is 19.1. The number of amides is 1. The van der Waals surface area contributed by atoms with Gasteiger partial charge in [0.1, 0.15) is 5.75 Å². The van der Waals surface area contributed by atoms with Gasteiger partial charge < -0.3 is 14.8 Å². The van der Waals surface area contributed by atoms with Gasteiger partial charge in [0, 0.05) is 11.1 Å². The molecule has 1 N–H and O–H groups in total. The summed E-state index contributed by atoms with van der Waals surface area (Å²) in [6.07, 6.45) is 1.83. The number of esters is 1. The van der Waals surface area contributed by atoms with Crippen LogP contribution in [0.2, 0.25) is 10.0 Å². The molecule has 0 saturated carbocycles. The molecule has 0 unspecified atom stereocenters. The average molecular weight is 394 g/mol. The number of benzene rings is 2. The summed E-state index contributed by atoms with van der Waals surface area (Å²) >= 11 is 11.9. The molecule has 0 radical (unpaired) electrons. The number of hydrogen-bond acceptors (Lipinski definition) is 4. The van der Waals surface area contributed by atoms with Gasteiger partial charge in [-0.3, -0.25) is 4.79 Å². The second-order valence-corrected chi connectivity index (χ2v) is 6.14. The largest absolute Gasteiger partial charge is 0.497 e. The number of ether oxygens (including phenoxy) is 2. The monoisotopic (exact) mass is 393 g/mol. The zero-order valence-electron chi connectivity index (χ0n) is 14.2. The molecular formula is C19H17Cl2NO4. The summed E-state index contributed by atoms with van der Waals surface area (Å²) in [5.74, 6) is -0.435. The van der Waals surface area contributed by atoms with Crippen molar-refractivity contribution in [1.82, 2.24) is 0 Å². The van der Waals surface area contributed by atoms with Gasteiger partial charge in [-0.2, -0.15) is 0 Å². The molecule has 26 heavy (non-hydrogen) atoms. The van der Waals surface area contributed by atoms with Gasteiger partial charge in [-0.05, 0) is 48.9 Å². The second kappa shape index (κ2) is 9.27. The first-order valence-electron chi connectivity index (χ1n) is 7.67. The minimum absolute atomic E-state index is 0.334. The number of nitrogens with one attached hydrogen (secondary N) is 1. The molecule has 136 valence electrons. The van der Waals surface area contributed by atoms with Crippen LogP contribution in [0.5, 0.6) is 5.75 Å². The predicted molar refractivity (Wildman–Crippen MR) is 103 cm³/mol. The number of anilines is 1. The Morgan fingerprint density at radius 1 is 1.12 bits per heavy atom. The Labute approximate surface area is 161 Å². The minimum atomic E-state index is -1.00. The van der Waals surface area contributed by atoms with Crippen molar-refractivity contribution in [1.29, 1.82) is 0 Å². The number of rotatable bonds is 6. The van der Waals surface area contributed by atoms with E-state index in [1.54, 1.807) is 49.6 Å². The van der Waals surface area contributed by atoms with Crippen LogP contribution >= 0.6 is 23.2 Å². The molecular weight excluding hydrogens is 377 g/mol. The molecule has 0 bridgehead atoms. The molecule has 1 amide bonds. The van der Waals surface area contributed by atoms with Crippen molar-refractivity contribution in [2.24, 2.45) is 0 Å². The molecule has 1 atom stereocenters. The molecule has 2 aromatic rings. The molecule has 0 aliphatic carbocycles. The Balaban J connectivity index is 1.91. The van der Waals surface area contributed by atoms with Gasteiger partial charge in [0.2, 0.25) is 0 Å². The van der Waals surface area contributed by atoms with E-state index in [-0.39, 0.29) is 0 Å². The van der Waals surface area contributed by atoms with Crippen molar-refractivity contribution in [2.45, 2.75) is 13.0 Å². The lowest BCUT2D eigenvalue weighted by Crippen LogP contribution is -2.29. The summed E-state index contributed by atoms with van der Waals surface area (Å²) < 4.78 is 10.1. The molecule has 2 aromatic carbocycles.